The standard InChI is InChI=1S/C12H27N3/c1-5-6-12(9-13-3)15-8-7-14(4)10-11(15)2/h11-13H,5-10H2,1-4H3. The molecule has 0 aromatic heterocycles. The van der Waals surface area contributed by atoms with Gasteiger partial charge in [-0.05, 0) is 27.4 Å². The monoisotopic (exact) mass is 213 g/mol. The molecule has 15 heavy (non-hydrogen) atoms. The van der Waals surface area contributed by atoms with E-state index in [2.05, 4.69) is 43.1 Å². The third kappa shape index (κ3) is 3.74. The fourth-order valence-electron chi connectivity index (χ4n) is 2.65. The van der Waals surface area contributed by atoms with Gasteiger partial charge >= 0.3 is 0 Å². The highest BCUT2D eigenvalue weighted by Gasteiger charge is 2.26. The smallest absolute Gasteiger partial charge is 0.0224 e. The van der Waals surface area contributed by atoms with Crippen LogP contribution in [0.15, 0.2) is 0 Å². The van der Waals surface area contributed by atoms with Crippen LogP contribution in [0.5, 0.6) is 0 Å². The second-order valence-electron chi connectivity index (χ2n) is 4.85. The fraction of sp³-hybridized carbons (Fsp3) is 1.00. The maximum Gasteiger partial charge on any atom is 0.0224 e. The van der Waals surface area contributed by atoms with E-state index in [1.165, 1.54) is 32.5 Å². The predicted molar refractivity (Wildman–Crippen MR) is 66.3 cm³/mol. The lowest BCUT2D eigenvalue weighted by atomic mass is 10.1. The number of piperazine rings is 1. The molecule has 1 aliphatic heterocycles. The van der Waals surface area contributed by atoms with Gasteiger partial charge in [-0.2, -0.15) is 0 Å². The summed E-state index contributed by atoms with van der Waals surface area (Å²) in [6.45, 7) is 9.42. The van der Waals surface area contributed by atoms with Crippen molar-refractivity contribution in [1.29, 1.82) is 0 Å². The van der Waals surface area contributed by atoms with Crippen molar-refractivity contribution in [3.05, 3.63) is 0 Å². The van der Waals surface area contributed by atoms with Crippen molar-refractivity contribution in [2.75, 3.05) is 40.3 Å². The van der Waals surface area contributed by atoms with E-state index in [9.17, 15) is 0 Å². The first-order valence-corrected chi connectivity index (χ1v) is 6.28. The maximum absolute atomic E-state index is 3.33. The molecule has 0 amide bonds. The first-order chi connectivity index (χ1) is 7.19. The Labute approximate surface area is 94.8 Å². The van der Waals surface area contributed by atoms with Crippen LogP contribution in [0.3, 0.4) is 0 Å². The minimum absolute atomic E-state index is 0.702. The third-order valence-electron chi connectivity index (χ3n) is 3.41. The summed E-state index contributed by atoms with van der Waals surface area (Å²) in [4.78, 5) is 5.11. The molecular formula is C12H27N3. The van der Waals surface area contributed by atoms with Gasteiger partial charge in [-0.3, -0.25) is 4.90 Å². The van der Waals surface area contributed by atoms with E-state index >= 15 is 0 Å². The molecule has 0 aromatic rings. The fourth-order valence-corrected chi connectivity index (χ4v) is 2.65. The number of rotatable bonds is 5. The lowest BCUT2D eigenvalue weighted by Gasteiger charge is -2.43. The molecule has 1 aliphatic rings. The Bertz CT molecular complexity index is 166. The summed E-state index contributed by atoms with van der Waals surface area (Å²) in [6, 6.07) is 1.43. The van der Waals surface area contributed by atoms with Crippen LogP contribution in [0.2, 0.25) is 0 Å². The molecule has 1 heterocycles. The average Bonchev–Trinajstić information content (AvgIpc) is 2.17. The highest BCUT2D eigenvalue weighted by molar-refractivity contribution is 4.83. The molecule has 1 N–H and O–H groups in total. The van der Waals surface area contributed by atoms with Crippen LogP contribution in [-0.4, -0.2) is 62.2 Å². The molecule has 0 spiro atoms. The Balaban J connectivity index is 2.50. The molecule has 3 heteroatoms. The van der Waals surface area contributed by atoms with Crippen molar-refractivity contribution in [2.24, 2.45) is 0 Å². The SMILES string of the molecule is CCCC(CNC)N1CCN(C)CC1C. The lowest BCUT2D eigenvalue weighted by molar-refractivity contribution is 0.0577. The normalized spacial score (nSPS) is 26.8. The largest absolute Gasteiger partial charge is 0.318 e. The Morgan fingerprint density at radius 1 is 1.40 bits per heavy atom. The second-order valence-corrected chi connectivity index (χ2v) is 4.85. The van der Waals surface area contributed by atoms with E-state index in [-0.39, 0.29) is 0 Å². The first-order valence-electron chi connectivity index (χ1n) is 6.28. The Hall–Kier alpha value is -0.120. The zero-order valence-corrected chi connectivity index (χ0v) is 10.8. The number of hydrogen-bond acceptors (Lipinski definition) is 3. The molecule has 90 valence electrons. The molecule has 0 aliphatic carbocycles. The van der Waals surface area contributed by atoms with E-state index in [4.69, 9.17) is 0 Å². The number of hydrogen-bond donors (Lipinski definition) is 1. The molecule has 0 radical (unpaired) electrons. The van der Waals surface area contributed by atoms with Gasteiger partial charge in [0.2, 0.25) is 0 Å². The van der Waals surface area contributed by atoms with Crippen molar-refractivity contribution in [1.82, 2.24) is 15.1 Å². The van der Waals surface area contributed by atoms with Gasteiger partial charge in [0, 0.05) is 38.3 Å². The van der Waals surface area contributed by atoms with Crippen molar-refractivity contribution < 1.29 is 0 Å². The van der Waals surface area contributed by atoms with Crippen molar-refractivity contribution in [2.45, 2.75) is 38.8 Å². The van der Waals surface area contributed by atoms with E-state index in [0.717, 1.165) is 12.6 Å². The highest BCUT2D eigenvalue weighted by atomic mass is 15.3. The van der Waals surface area contributed by atoms with Gasteiger partial charge in [0.15, 0.2) is 0 Å². The van der Waals surface area contributed by atoms with Crippen LogP contribution in [-0.2, 0) is 0 Å². The number of nitrogens with one attached hydrogen (secondary N) is 1. The minimum atomic E-state index is 0.702. The summed E-state index contributed by atoms with van der Waals surface area (Å²) in [5, 5.41) is 3.33. The maximum atomic E-state index is 3.33. The van der Waals surface area contributed by atoms with E-state index in [0.29, 0.717) is 6.04 Å². The third-order valence-corrected chi connectivity index (χ3v) is 3.41. The summed E-state index contributed by atoms with van der Waals surface area (Å²) in [5.41, 5.74) is 0. The summed E-state index contributed by atoms with van der Waals surface area (Å²) < 4.78 is 0. The van der Waals surface area contributed by atoms with Gasteiger partial charge in [0.05, 0.1) is 0 Å². The van der Waals surface area contributed by atoms with Crippen LogP contribution in [0.1, 0.15) is 26.7 Å². The highest BCUT2D eigenvalue weighted by Crippen LogP contribution is 2.15. The molecule has 2 atom stereocenters. The Morgan fingerprint density at radius 3 is 2.67 bits per heavy atom. The summed E-state index contributed by atoms with van der Waals surface area (Å²) >= 11 is 0. The number of nitrogens with zero attached hydrogens (tertiary/aromatic N) is 2. The van der Waals surface area contributed by atoms with Gasteiger partial charge in [-0.25, -0.2) is 0 Å². The molecule has 0 aromatic carbocycles. The van der Waals surface area contributed by atoms with E-state index in [1.54, 1.807) is 0 Å². The topological polar surface area (TPSA) is 18.5 Å². The van der Waals surface area contributed by atoms with Crippen molar-refractivity contribution >= 4 is 0 Å². The molecule has 2 unspecified atom stereocenters. The van der Waals surface area contributed by atoms with Gasteiger partial charge in [-0.15, -0.1) is 0 Å². The lowest BCUT2D eigenvalue weighted by Crippen LogP contribution is -2.56. The minimum Gasteiger partial charge on any atom is -0.318 e. The Morgan fingerprint density at radius 2 is 2.13 bits per heavy atom. The quantitative estimate of drug-likeness (QED) is 0.735. The molecule has 1 rings (SSSR count). The zero-order chi connectivity index (χ0) is 11.3. The second kappa shape index (κ2) is 6.46. The van der Waals surface area contributed by atoms with Crippen LogP contribution < -0.4 is 5.32 Å². The first kappa shape index (κ1) is 12.9. The molecule has 1 fully saturated rings. The van der Waals surface area contributed by atoms with E-state index < -0.39 is 0 Å². The zero-order valence-electron chi connectivity index (χ0n) is 10.8. The summed E-state index contributed by atoms with van der Waals surface area (Å²) in [5.74, 6) is 0. The van der Waals surface area contributed by atoms with Crippen LogP contribution >= 0.6 is 0 Å². The van der Waals surface area contributed by atoms with Crippen molar-refractivity contribution in [3.63, 3.8) is 0 Å². The van der Waals surface area contributed by atoms with Crippen LogP contribution in [0.25, 0.3) is 0 Å². The molecular weight excluding hydrogens is 186 g/mol. The molecule has 1 saturated heterocycles. The van der Waals surface area contributed by atoms with E-state index in [1.807, 2.05) is 0 Å². The van der Waals surface area contributed by atoms with Gasteiger partial charge in [-0.1, -0.05) is 13.3 Å². The predicted octanol–water partition coefficient (Wildman–Crippen LogP) is 1.01. The van der Waals surface area contributed by atoms with Gasteiger partial charge in [0.25, 0.3) is 0 Å². The Kier molecular flexibility index (Phi) is 5.58. The molecule has 3 nitrogen and oxygen atoms in total. The molecule has 0 saturated carbocycles. The summed E-state index contributed by atoms with van der Waals surface area (Å²) in [6.07, 6.45) is 2.60. The van der Waals surface area contributed by atoms with Gasteiger partial charge < -0.3 is 10.2 Å². The van der Waals surface area contributed by atoms with Gasteiger partial charge in [0.1, 0.15) is 0 Å². The van der Waals surface area contributed by atoms with Crippen LogP contribution in [0.4, 0.5) is 0 Å². The number of likely N-dealkylation sites (N-methyl/N-ethyl adjacent to an activating group) is 2. The van der Waals surface area contributed by atoms with Crippen molar-refractivity contribution in [3.8, 4) is 0 Å². The molecule has 0 bridgehead atoms. The van der Waals surface area contributed by atoms with Crippen LogP contribution in [0, 0.1) is 0 Å². The summed E-state index contributed by atoms with van der Waals surface area (Å²) in [7, 11) is 4.28. The average molecular weight is 213 g/mol.